The maximum atomic E-state index is 5.79. The van der Waals surface area contributed by atoms with Crippen LogP contribution in [0, 0.1) is 12.3 Å². The van der Waals surface area contributed by atoms with Crippen molar-refractivity contribution in [2.24, 2.45) is 0 Å². The Bertz CT molecular complexity index is 389. The van der Waals surface area contributed by atoms with Gasteiger partial charge in [0.05, 0.1) is 0 Å². The average Bonchev–Trinajstić information content (AvgIpc) is 2.54. The van der Waals surface area contributed by atoms with E-state index < -0.39 is 5.79 Å². The highest BCUT2D eigenvalue weighted by Crippen LogP contribution is 2.29. The first kappa shape index (κ1) is 11.2. The molecule has 84 valence electrons. The summed E-state index contributed by atoms with van der Waals surface area (Å²) in [6.07, 6.45) is 5.93. The molecule has 1 fully saturated rings. The van der Waals surface area contributed by atoms with Gasteiger partial charge in [-0.2, -0.15) is 0 Å². The predicted octanol–water partition coefficient (Wildman–Crippen LogP) is 2.38. The van der Waals surface area contributed by atoms with Crippen molar-refractivity contribution in [1.82, 2.24) is 0 Å². The van der Waals surface area contributed by atoms with E-state index in [4.69, 9.17) is 15.9 Å². The van der Waals surface area contributed by atoms with Crippen LogP contribution in [0.4, 0.5) is 0 Å². The monoisotopic (exact) mass is 216 g/mol. The summed E-state index contributed by atoms with van der Waals surface area (Å²) in [5.41, 5.74) is 1.22. The number of hydrogen-bond acceptors (Lipinski definition) is 2. The van der Waals surface area contributed by atoms with Gasteiger partial charge in [-0.1, -0.05) is 36.3 Å². The Morgan fingerprint density at radius 3 is 2.56 bits per heavy atom. The molecule has 0 aromatic heterocycles. The van der Waals surface area contributed by atoms with Gasteiger partial charge in [0, 0.05) is 6.42 Å². The van der Waals surface area contributed by atoms with Crippen molar-refractivity contribution < 1.29 is 9.47 Å². The Morgan fingerprint density at radius 1 is 1.25 bits per heavy atom. The van der Waals surface area contributed by atoms with Crippen LogP contribution in [0.25, 0.3) is 0 Å². The lowest BCUT2D eigenvalue weighted by molar-refractivity contribution is -0.142. The lowest BCUT2D eigenvalue weighted by Crippen LogP contribution is -2.23. The SMILES string of the molecule is C#CC1OC(C)(C)OC1Cc1ccccc1. The van der Waals surface area contributed by atoms with E-state index in [0.717, 1.165) is 6.42 Å². The molecule has 16 heavy (non-hydrogen) atoms. The second kappa shape index (κ2) is 4.29. The minimum absolute atomic E-state index is 0.0533. The smallest absolute Gasteiger partial charge is 0.165 e. The first-order valence-corrected chi connectivity index (χ1v) is 5.46. The number of ether oxygens (including phenoxy) is 2. The van der Waals surface area contributed by atoms with Gasteiger partial charge in [0.1, 0.15) is 12.2 Å². The third-order valence-corrected chi connectivity index (χ3v) is 2.63. The minimum atomic E-state index is -0.573. The Labute approximate surface area is 96.6 Å². The van der Waals surface area contributed by atoms with Crippen LogP contribution in [0.5, 0.6) is 0 Å². The van der Waals surface area contributed by atoms with Gasteiger partial charge in [0.15, 0.2) is 5.79 Å². The van der Waals surface area contributed by atoms with Crippen molar-refractivity contribution >= 4 is 0 Å². The molecule has 1 aliphatic heterocycles. The van der Waals surface area contributed by atoms with Crippen molar-refractivity contribution in [3.05, 3.63) is 35.9 Å². The van der Waals surface area contributed by atoms with Crippen LogP contribution in [0.1, 0.15) is 19.4 Å². The third-order valence-electron chi connectivity index (χ3n) is 2.63. The van der Waals surface area contributed by atoms with Gasteiger partial charge in [0.2, 0.25) is 0 Å². The van der Waals surface area contributed by atoms with Crippen LogP contribution in [0.2, 0.25) is 0 Å². The first-order valence-electron chi connectivity index (χ1n) is 5.46. The molecule has 0 aliphatic carbocycles. The molecule has 2 unspecified atom stereocenters. The van der Waals surface area contributed by atoms with Crippen LogP contribution in [-0.2, 0) is 15.9 Å². The number of benzene rings is 1. The van der Waals surface area contributed by atoms with Gasteiger partial charge < -0.3 is 9.47 Å². The van der Waals surface area contributed by atoms with Crippen LogP contribution in [0.15, 0.2) is 30.3 Å². The standard InChI is InChI=1S/C14H16O2/c1-4-12-13(16-14(2,3)15-12)10-11-8-6-5-7-9-11/h1,5-9,12-13H,10H2,2-3H3. The summed E-state index contributed by atoms with van der Waals surface area (Å²) in [7, 11) is 0. The fraction of sp³-hybridized carbons (Fsp3) is 0.429. The van der Waals surface area contributed by atoms with E-state index in [1.807, 2.05) is 32.0 Å². The molecule has 2 heteroatoms. The fourth-order valence-electron chi connectivity index (χ4n) is 1.97. The molecular weight excluding hydrogens is 200 g/mol. The average molecular weight is 216 g/mol. The molecule has 0 spiro atoms. The number of rotatable bonds is 2. The Hall–Kier alpha value is -1.30. The summed E-state index contributed by atoms with van der Waals surface area (Å²) in [5, 5.41) is 0. The van der Waals surface area contributed by atoms with Gasteiger partial charge in [-0.15, -0.1) is 6.42 Å². The lowest BCUT2D eigenvalue weighted by atomic mass is 10.0. The van der Waals surface area contributed by atoms with Crippen LogP contribution >= 0.6 is 0 Å². The molecule has 1 aromatic rings. The summed E-state index contributed by atoms with van der Waals surface area (Å²) in [5.74, 6) is 2.07. The van der Waals surface area contributed by atoms with E-state index in [0.29, 0.717) is 0 Å². The first-order chi connectivity index (χ1) is 7.61. The summed E-state index contributed by atoms with van der Waals surface area (Å²) in [4.78, 5) is 0. The van der Waals surface area contributed by atoms with Gasteiger partial charge >= 0.3 is 0 Å². The van der Waals surface area contributed by atoms with E-state index in [2.05, 4.69) is 18.1 Å². The van der Waals surface area contributed by atoms with Gasteiger partial charge in [-0.3, -0.25) is 0 Å². The summed E-state index contributed by atoms with van der Waals surface area (Å²) >= 11 is 0. The number of hydrogen-bond donors (Lipinski definition) is 0. The van der Waals surface area contributed by atoms with E-state index in [-0.39, 0.29) is 12.2 Å². The third kappa shape index (κ3) is 2.44. The summed E-state index contributed by atoms with van der Waals surface area (Å²) in [6.45, 7) is 3.78. The maximum absolute atomic E-state index is 5.79. The van der Waals surface area contributed by atoms with Gasteiger partial charge in [-0.25, -0.2) is 0 Å². The Kier molecular flexibility index (Phi) is 3.00. The van der Waals surface area contributed by atoms with Crippen molar-refractivity contribution in [2.75, 3.05) is 0 Å². The van der Waals surface area contributed by atoms with Crippen molar-refractivity contribution in [2.45, 2.75) is 38.3 Å². The molecule has 0 radical (unpaired) electrons. The summed E-state index contributed by atoms with van der Waals surface area (Å²) in [6, 6.07) is 10.2. The lowest BCUT2D eigenvalue weighted by Gasteiger charge is -2.16. The molecule has 1 heterocycles. The van der Waals surface area contributed by atoms with Gasteiger partial charge in [0.25, 0.3) is 0 Å². The molecule has 0 bridgehead atoms. The molecule has 1 aromatic carbocycles. The minimum Gasteiger partial charge on any atom is -0.343 e. The van der Waals surface area contributed by atoms with E-state index in [9.17, 15) is 0 Å². The maximum Gasteiger partial charge on any atom is 0.165 e. The highest BCUT2D eigenvalue weighted by Gasteiger charge is 2.40. The molecule has 1 aliphatic rings. The highest BCUT2D eigenvalue weighted by atomic mass is 16.7. The fourth-order valence-corrected chi connectivity index (χ4v) is 1.97. The molecule has 2 nitrogen and oxygen atoms in total. The highest BCUT2D eigenvalue weighted by molar-refractivity contribution is 5.17. The molecule has 2 atom stereocenters. The zero-order valence-corrected chi connectivity index (χ0v) is 9.64. The topological polar surface area (TPSA) is 18.5 Å². The molecule has 0 saturated carbocycles. The zero-order valence-electron chi connectivity index (χ0n) is 9.64. The van der Waals surface area contributed by atoms with Crippen molar-refractivity contribution in [1.29, 1.82) is 0 Å². The van der Waals surface area contributed by atoms with Crippen molar-refractivity contribution in [3.63, 3.8) is 0 Å². The summed E-state index contributed by atoms with van der Waals surface area (Å²) < 4.78 is 11.4. The van der Waals surface area contributed by atoms with E-state index in [1.165, 1.54) is 5.56 Å². The van der Waals surface area contributed by atoms with Crippen molar-refractivity contribution in [3.8, 4) is 12.3 Å². The van der Waals surface area contributed by atoms with Crippen LogP contribution < -0.4 is 0 Å². The Morgan fingerprint density at radius 2 is 1.94 bits per heavy atom. The zero-order chi connectivity index (χ0) is 11.6. The quantitative estimate of drug-likeness (QED) is 0.707. The van der Waals surface area contributed by atoms with Crippen LogP contribution in [0.3, 0.4) is 0 Å². The normalized spacial score (nSPS) is 27.6. The molecule has 0 N–H and O–H groups in total. The number of terminal acetylenes is 1. The second-order valence-electron chi connectivity index (χ2n) is 4.45. The van der Waals surface area contributed by atoms with E-state index in [1.54, 1.807) is 0 Å². The van der Waals surface area contributed by atoms with Gasteiger partial charge in [-0.05, 0) is 19.4 Å². The second-order valence-corrected chi connectivity index (χ2v) is 4.45. The molecule has 2 rings (SSSR count). The largest absolute Gasteiger partial charge is 0.343 e. The van der Waals surface area contributed by atoms with Crippen LogP contribution in [-0.4, -0.2) is 18.0 Å². The molecule has 0 amide bonds. The molecule has 1 saturated heterocycles. The van der Waals surface area contributed by atoms with E-state index >= 15 is 0 Å². The molecular formula is C14H16O2. The Balaban J connectivity index is 2.08. The predicted molar refractivity (Wildman–Crippen MR) is 62.8 cm³/mol.